The molecular weight excluding hydrogens is 382 g/mol. The monoisotopic (exact) mass is 409 g/mol. The summed E-state index contributed by atoms with van der Waals surface area (Å²) in [5, 5.41) is 1.06. The molecule has 1 aliphatic rings. The van der Waals surface area contributed by atoms with Gasteiger partial charge in [-0.05, 0) is 12.1 Å². The number of amides is 1. The van der Waals surface area contributed by atoms with Gasteiger partial charge in [0, 0.05) is 61.8 Å². The summed E-state index contributed by atoms with van der Waals surface area (Å²) in [6.07, 6.45) is 0. The van der Waals surface area contributed by atoms with Crippen LogP contribution < -0.4 is 14.2 Å². The topological polar surface area (TPSA) is 67.0 Å². The summed E-state index contributed by atoms with van der Waals surface area (Å²) in [6.45, 7) is 4.44. The molecular formula is C23H27N3O4. The molecule has 1 aliphatic heterocycles. The van der Waals surface area contributed by atoms with Gasteiger partial charge in [0.15, 0.2) is 0 Å². The number of rotatable bonds is 7. The molecule has 0 saturated carbocycles. The van der Waals surface area contributed by atoms with Crippen molar-refractivity contribution in [1.29, 1.82) is 0 Å². The Bertz CT molecular complexity index is 953. The highest BCUT2D eigenvalue weighted by atomic mass is 16.5. The van der Waals surface area contributed by atoms with Crippen LogP contribution in [0.25, 0.3) is 10.9 Å². The fourth-order valence-corrected chi connectivity index (χ4v) is 3.69. The van der Waals surface area contributed by atoms with Crippen molar-refractivity contribution in [1.82, 2.24) is 14.8 Å². The molecule has 1 fully saturated rings. The lowest BCUT2D eigenvalue weighted by atomic mass is 10.2. The Balaban J connectivity index is 1.26. The lowest BCUT2D eigenvalue weighted by Crippen LogP contribution is -2.49. The van der Waals surface area contributed by atoms with Gasteiger partial charge in [0.05, 0.1) is 14.2 Å². The Morgan fingerprint density at radius 2 is 1.60 bits per heavy atom. The molecule has 1 amide bonds. The number of para-hydroxylation sites is 1. The van der Waals surface area contributed by atoms with Crippen molar-refractivity contribution in [3.8, 4) is 17.2 Å². The summed E-state index contributed by atoms with van der Waals surface area (Å²) in [5.74, 6) is 2.19. The van der Waals surface area contributed by atoms with Gasteiger partial charge in [0.2, 0.25) is 0 Å². The molecule has 0 atom stereocenters. The van der Waals surface area contributed by atoms with Crippen molar-refractivity contribution in [2.45, 2.75) is 0 Å². The van der Waals surface area contributed by atoms with Gasteiger partial charge in [-0.3, -0.25) is 9.69 Å². The zero-order valence-electron chi connectivity index (χ0n) is 17.4. The number of carbonyl (C=O) groups excluding carboxylic acids is 1. The van der Waals surface area contributed by atoms with E-state index in [2.05, 4.69) is 9.88 Å². The number of aromatic amines is 1. The smallest absolute Gasteiger partial charge is 0.270 e. The second kappa shape index (κ2) is 9.09. The Morgan fingerprint density at radius 1 is 0.933 bits per heavy atom. The number of methoxy groups -OCH3 is 2. The molecule has 1 aromatic heterocycles. The predicted octanol–water partition coefficient (Wildman–Crippen LogP) is 3.02. The van der Waals surface area contributed by atoms with Crippen molar-refractivity contribution >= 4 is 16.8 Å². The Morgan fingerprint density at radius 3 is 2.27 bits per heavy atom. The minimum Gasteiger partial charge on any atom is -0.496 e. The first-order valence-corrected chi connectivity index (χ1v) is 10.1. The van der Waals surface area contributed by atoms with E-state index in [0.29, 0.717) is 36.9 Å². The third-order valence-corrected chi connectivity index (χ3v) is 5.42. The Labute approximate surface area is 176 Å². The molecule has 0 unspecified atom stereocenters. The van der Waals surface area contributed by atoms with Crippen LogP contribution in [-0.4, -0.2) is 74.2 Å². The summed E-state index contributed by atoms with van der Waals surface area (Å²) >= 11 is 0. The lowest BCUT2D eigenvalue weighted by Gasteiger charge is -2.34. The molecule has 1 saturated heterocycles. The minimum atomic E-state index is 0.0607. The normalized spacial score (nSPS) is 14.7. The predicted molar refractivity (Wildman–Crippen MR) is 116 cm³/mol. The van der Waals surface area contributed by atoms with Gasteiger partial charge < -0.3 is 24.1 Å². The van der Waals surface area contributed by atoms with Gasteiger partial charge in [-0.15, -0.1) is 0 Å². The van der Waals surface area contributed by atoms with Crippen LogP contribution in [0.1, 0.15) is 10.5 Å². The van der Waals surface area contributed by atoms with Crippen molar-refractivity contribution in [3.63, 3.8) is 0 Å². The van der Waals surface area contributed by atoms with Crippen LogP contribution in [0.2, 0.25) is 0 Å². The summed E-state index contributed by atoms with van der Waals surface area (Å²) in [5.41, 5.74) is 1.64. The molecule has 30 heavy (non-hydrogen) atoms. The minimum absolute atomic E-state index is 0.0607. The highest BCUT2D eigenvalue weighted by molar-refractivity contribution is 5.98. The highest BCUT2D eigenvalue weighted by Gasteiger charge is 2.23. The Kier molecular flexibility index (Phi) is 6.09. The van der Waals surface area contributed by atoms with E-state index in [1.165, 1.54) is 0 Å². The van der Waals surface area contributed by atoms with E-state index in [1.807, 2.05) is 53.4 Å². The number of piperazine rings is 1. The number of ether oxygens (including phenoxy) is 3. The molecule has 2 heterocycles. The first kappa shape index (κ1) is 20.1. The van der Waals surface area contributed by atoms with E-state index in [9.17, 15) is 4.79 Å². The van der Waals surface area contributed by atoms with Crippen molar-refractivity contribution < 1.29 is 19.0 Å². The van der Waals surface area contributed by atoms with Crippen molar-refractivity contribution in [2.24, 2.45) is 0 Å². The standard InChI is InChI=1S/C23H27N3O4/c1-28-18-14-19(29-2)16-20(15-18)30-12-11-25-7-9-26(10-8-25)23(27)22-13-17-5-3-4-6-21(17)24-22/h3-6,13-16,24H,7-12H2,1-2H3. The third kappa shape index (κ3) is 4.52. The second-order valence-corrected chi connectivity index (χ2v) is 7.30. The number of nitrogens with zero attached hydrogens (tertiary/aromatic N) is 2. The molecule has 3 aromatic rings. The SMILES string of the molecule is COc1cc(OC)cc(OCCN2CCN(C(=O)c3cc4ccccc4[nH]3)CC2)c1. The third-order valence-electron chi connectivity index (χ3n) is 5.42. The van der Waals surface area contributed by atoms with E-state index in [0.717, 1.165) is 36.3 Å². The number of aromatic nitrogens is 1. The number of benzene rings is 2. The molecule has 0 spiro atoms. The fourth-order valence-electron chi connectivity index (χ4n) is 3.69. The van der Waals surface area contributed by atoms with Crippen LogP contribution in [-0.2, 0) is 0 Å². The number of H-pyrrole nitrogens is 1. The zero-order chi connectivity index (χ0) is 20.9. The number of carbonyl (C=O) groups is 1. The molecule has 1 N–H and O–H groups in total. The first-order chi connectivity index (χ1) is 14.7. The van der Waals surface area contributed by atoms with Crippen LogP contribution in [0.4, 0.5) is 0 Å². The van der Waals surface area contributed by atoms with Crippen LogP contribution in [0.5, 0.6) is 17.2 Å². The van der Waals surface area contributed by atoms with Gasteiger partial charge in [0.1, 0.15) is 29.5 Å². The van der Waals surface area contributed by atoms with Gasteiger partial charge in [-0.25, -0.2) is 0 Å². The summed E-state index contributed by atoms with van der Waals surface area (Å²) in [4.78, 5) is 20.3. The first-order valence-electron chi connectivity index (χ1n) is 10.1. The second-order valence-electron chi connectivity index (χ2n) is 7.30. The number of nitrogens with one attached hydrogen (secondary N) is 1. The molecule has 2 aromatic carbocycles. The average molecular weight is 409 g/mol. The quantitative estimate of drug-likeness (QED) is 0.650. The Hall–Kier alpha value is -3.19. The van der Waals surface area contributed by atoms with Crippen molar-refractivity contribution in [2.75, 3.05) is 53.6 Å². The maximum Gasteiger partial charge on any atom is 0.270 e. The van der Waals surface area contributed by atoms with E-state index in [4.69, 9.17) is 14.2 Å². The average Bonchev–Trinajstić information content (AvgIpc) is 3.23. The zero-order valence-corrected chi connectivity index (χ0v) is 17.4. The van der Waals surface area contributed by atoms with Gasteiger partial charge in [-0.1, -0.05) is 18.2 Å². The van der Waals surface area contributed by atoms with Gasteiger partial charge >= 0.3 is 0 Å². The maximum absolute atomic E-state index is 12.8. The van der Waals surface area contributed by atoms with Crippen molar-refractivity contribution in [3.05, 3.63) is 54.2 Å². The molecule has 158 valence electrons. The number of hydrogen-bond acceptors (Lipinski definition) is 5. The van der Waals surface area contributed by atoms with Crippen LogP contribution >= 0.6 is 0 Å². The molecule has 7 heteroatoms. The molecule has 0 bridgehead atoms. The summed E-state index contributed by atoms with van der Waals surface area (Å²) in [6, 6.07) is 15.4. The largest absolute Gasteiger partial charge is 0.496 e. The number of hydrogen-bond donors (Lipinski definition) is 1. The summed E-state index contributed by atoms with van der Waals surface area (Å²) in [7, 11) is 3.24. The number of fused-ring (bicyclic) bond motifs is 1. The fraction of sp³-hybridized carbons (Fsp3) is 0.348. The lowest BCUT2D eigenvalue weighted by molar-refractivity contribution is 0.0615. The van der Waals surface area contributed by atoms with Crippen LogP contribution in [0.15, 0.2) is 48.5 Å². The van der Waals surface area contributed by atoms with E-state index < -0.39 is 0 Å². The maximum atomic E-state index is 12.8. The highest BCUT2D eigenvalue weighted by Crippen LogP contribution is 2.27. The molecule has 0 radical (unpaired) electrons. The molecule has 7 nitrogen and oxygen atoms in total. The van der Waals surface area contributed by atoms with Gasteiger partial charge in [0.25, 0.3) is 5.91 Å². The van der Waals surface area contributed by atoms with Gasteiger partial charge in [-0.2, -0.15) is 0 Å². The van der Waals surface area contributed by atoms with E-state index >= 15 is 0 Å². The van der Waals surface area contributed by atoms with E-state index in [1.54, 1.807) is 14.2 Å². The molecule has 0 aliphatic carbocycles. The molecule has 4 rings (SSSR count). The van der Waals surface area contributed by atoms with E-state index in [-0.39, 0.29) is 5.91 Å². The van der Waals surface area contributed by atoms with Crippen LogP contribution in [0.3, 0.4) is 0 Å². The van der Waals surface area contributed by atoms with Crippen LogP contribution in [0, 0.1) is 0 Å². The summed E-state index contributed by atoms with van der Waals surface area (Å²) < 4.78 is 16.4.